The van der Waals surface area contributed by atoms with E-state index in [-0.39, 0.29) is 11.0 Å². The standard InChI is InChI=1S/C23H23Cl2N3O4S/c1-5-28-21(15-6-8-16(24)9-7-15)26-27-23(28)33-19(22(29)30)12-14-10-17(25)20(32-13(2)3)18(11-14)31-4/h6-13H,5H2,1-4H3,(H,29,30)/b19-12-. The van der Waals surface area contributed by atoms with Crippen molar-refractivity contribution in [2.24, 2.45) is 0 Å². The van der Waals surface area contributed by atoms with Gasteiger partial charge in [0.15, 0.2) is 22.5 Å². The molecule has 1 heterocycles. The van der Waals surface area contributed by atoms with E-state index in [0.717, 1.165) is 17.3 Å². The number of hydrogen-bond donors (Lipinski definition) is 1. The minimum Gasteiger partial charge on any atom is -0.493 e. The largest absolute Gasteiger partial charge is 0.493 e. The van der Waals surface area contributed by atoms with E-state index in [2.05, 4.69) is 10.2 Å². The third-order valence-corrected chi connectivity index (χ3v) is 5.98. The molecule has 0 unspecified atom stereocenters. The first-order valence-electron chi connectivity index (χ1n) is 10.1. The number of aliphatic carboxylic acids is 1. The van der Waals surface area contributed by atoms with Gasteiger partial charge in [0.05, 0.1) is 18.2 Å². The van der Waals surface area contributed by atoms with Crippen LogP contribution in [0.15, 0.2) is 46.5 Å². The Hall–Kier alpha value is -2.68. The molecule has 2 aromatic carbocycles. The summed E-state index contributed by atoms with van der Waals surface area (Å²) in [4.78, 5) is 12.1. The number of rotatable bonds is 9. The van der Waals surface area contributed by atoms with E-state index in [1.54, 1.807) is 24.3 Å². The summed E-state index contributed by atoms with van der Waals surface area (Å²) < 4.78 is 13.0. The Labute approximate surface area is 206 Å². The van der Waals surface area contributed by atoms with Crippen molar-refractivity contribution in [3.63, 3.8) is 0 Å². The van der Waals surface area contributed by atoms with E-state index in [0.29, 0.717) is 44.6 Å². The van der Waals surface area contributed by atoms with Gasteiger partial charge in [0.1, 0.15) is 4.91 Å². The second kappa shape index (κ2) is 11.0. The highest BCUT2D eigenvalue weighted by Crippen LogP contribution is 2.39. The van der Waals surface area contributed by atoms with Crippen molar-refractivity contribution in [3.05, 3.63) is 56.9 Å². The molecule has 1 N–H and O–H groups in total. The summed E-state index contributed by atoms with van der Waals surface area (Å²) in [6.45, 7) is 6.26. The van der Waals surface area contributed by atoms with Crippen molar-refractivity contribution >= 4 is 47.0 Å². The number of carboxylic acids is 1. The maximum atomic E-state index is 12.0. The third-order valence-electron chi connectivity index (χ3n) is 4.45. The van der Waals surface area contributed by atoms with Gasteiger partial charge in [-0.2, -0.15) is 0 Å². The number of nitrogens with zero attached hydrogens (tertiary/aromatic N) is 3. The van der Waals surface area contributed by atoms with Crippen LogP contribution in [0.1, 0.15) is 26.3 Å². The minimum absolute atomic E-state index is 0.0513. The van der Waals surface area contributed by atoms with Crippen molar-refractivity contribution in [2.75, 3.05) is 7.11 Å². The Morgan fingerprint density at radius 2 is 1.91 bits per heavy atom. The average Bonchev–Trinajstić information content (AvgIpc) is 3.17. The monoisotopic (exact) mass is 507 g/mol. The molecule has 1 aromatic heterocycles. The predicted molar refractivity (Wildman–Crippen MR) is 131 cm³/mol. The van der Waals surface area contributed by atoms with Gasteiger partial charge in [0, 0.05) is 17.1 Å². The lowest BCUT2D eigenvalue weighted by Crippen LogP contribution is -2.07. The topological polar surface area (TPSA) is 86.5 Å². The van der Waals surface area contributed by atoms with Crippen LogP contribution in [0.2, 0.25) is 10.0 Å². The van der Waals surface area contributed by atoms with E-state index in [9.17, 15) is 9.90 Å². The van der Waals surface area contributed by atoms with E-state index >= 15 is 0 Å². The minimum atomic E-state index is -1.10. The molecule has 0 saturated heterocycles. The lowest BCUT2D eigenvalue weighted by atomic mass is 10.2. The molecule has 3 aromatic rings. The normalized spacial score (nSPS) is 11.7. The highest BCUT2D eigenvalue weighted by Gasteiger charge is 2.19. The molecule has 0 spiro atoms. The quantitative estimate of drug-likeness (QED) is 0.269. The summed E-state index contributed by atoms with van der Waals surface area (Å²) in [6, 6.07) is 10.5. The number of aromatic nitrogens is 3. The lowest BCUT2D eigenvalue weighted by Gasteiger charge is -2.16. The highest BCUT2D eigenvalue weighted by atomic mass is 35.5. The highest BCUT2D eigenvalue weighted by molar-refractivity contribution is 8.04. The molecule has 0 aliphatic heterocycles. The van der Waals surface area contributed by atoms with Crippen LogP contribution < -0.4 is 9.47 Å². The van der Waals surface area contributed by atoms with Crippen LogP contribution in [-0.4, -0.2) is 39.1 Å². The second-order valence-electron chi connectivity index (χ2n) is 7.17. The molecule has 0 fully saturated rings. The number of halogens is 2. The van der Waals surface area contributed by atoms with Gasteiger partial charge in [-0.15, -0.1) is 10.2 Å². The summed E-state index contributed by atoms with van der Waals surface area (Å²) in [7, 11) is 1.50. The van der Waals surface area contributed by atoms with Crippen LogP contribution in [0.5, 0.6) is 11.5 Å². The van der Waals surface area contributed by atoms with E-state index in [1.807, 2.05) is 37.5 Å². The van der Waals surface area contributed by atoms with Crippen molar-refractivity contribution in [1.82, 2.24) is 14.8 Å². The zero-order chi connectivity index (χ0) is 24.1. The molecule has 0 aliphatic carbocycles. The van der Waals surface area contributed by atoms with Crippen LogP contribution in [0, 0.1) is 0 Å². The predicted octanol–water partition coefficient (Wildman–Crippen LogP) is 6.29. The van der Waals surface area contributed by atoms with Crippen molar-refractivity contribution in [1.29, 1.82) is 0 Å². The van der Waals surface area contributed by atoms with Gasteiger partial charge < -0.3 is 19.1 Å². The van der Waals surface area contributed by atoms with E-state index in [4.69, 9.17) is 32.7 Å². The van der Waals surface area contributed by atoms with Crippen LogP contribution in [-0.2, 0) is 11.3 Å². The molecular formula is C23H23Cl2N3O4S. The van der Waals surface area contributed by atoms with Gasteiger partial charge in [-0.1, -0.05) is 23.2 Å². The molecule has 174 valence electrons. The summed E-state index contributed by atoms with van der Waals surface area (Å²) in [5.74, 6) is 0.353. The fraction of sp³-hybridized carbons (Fsp3) is 0.261. The summed E-state index contributed by atoms with van der Waals surface area (Å²) in [5.41, 5.74) is 1.39. The average molecular weight is 508 g/mol. The number of hydrogen-bond acceptors (Lipinski definition) is 6. The number of carboxylic acid groups (broad SMARTS) is 1. The van der Waals surface area contributed by atoms with Gasteiger partial charge >= 0.3 is 5.97 Å². The molecule has 10 heteroatoms. The molecule has 7 nitrogen and oxygen atoms in total. The fourth-order valence-corrected chi connectivity index (χ4v) is 4.30. The maximum absolute atomic E-state index is 12.0. The number of thioether (sulfide) groups is 1. The molecule has 0 bridgehead atoms. The molecule has 0 atom stereocenters. The maximum Gasteiger partial charge on any atom is 0.342 e. The number of ether oxygens (including phenoxy) is 2. The molecular weight excluding hydrogens is 485 g/mol. The van der Waals surface area contributed by atoms with Crippen LogP contribution >= 0.6 is 35.0 Å². The van der Waals surface area contributed by atoms with Gasteiger partial charge in [-0.25, -0.2) is 4.79 Å². The Morgan fingerprint density at radius 1 is 1.21 bits per heavy atom. The Morgan fingerprint density at radius 3 is 2.48 bits per heavy atom. The third kappa shape index (κ3) is 6.01. The summed E-state index contributed by atoms with van der Waals surface area (Å²) in [5, 5.41) is 19.7. The van der Waals surface area contributed by atoms with Gasteiger partial charge in [0.25, 0.3) is 0 Å². The SMILES string of the molecule is CCn1c(S/C(=C\c2cc(Cl)c(OC(C)C)c(OC)c2)C(=O)O)nnc1-c1ccc(Cl)cc1. The summed E-state index contributed by atoms with van der Waals surface area (Å²) >= 11 is 13.4. The first kappa shape index (κ1) is 25.0. The number of methoxy groups -OCH3 is 1. The van der Waals surface area contributed by atoms with Crippen molar-refractivity contribution < 1.29 is 19.4 Å². The van der Waals surface area contributed by atoms with E-state index < -0.39 is 5.97 Å². The molecule has 0 amide bonds. The second-order valence-corrected chi connectivity index (χ2v) is 9.03. The fourth-order valence-electron chi connectivity index (χ4n) is 3.02. The van der Waals surface area contributed by atoms with Crippen LogP contribution in [0.4, 0.5) is 0 Å². The molecule has 33 heavy (non-hydrogen) atoms. The Bertz CT molecular complexity index is 1180. The molecule has 0 saturated carbocycles. The van der Waals surface area contributed by atoms with Crippen molar-refractivity contribution in [3.8, 4) is 22.9 Å². The summed E-state index contributed by atoms with van der Waals surface area (Å²) in [6.07, 6.45) is 1.41. The lowest BCUT2D eigenvalue weighted by molar-refractivity contribution is -0.131. The van der Waals surface area contributed by atoms with Gasteiger partial charge in [-0.05, 0) is 80.6 Å². The molecule has 3 rings (SSSR count). The van der Waals surface area contributed by atoms with Gasteiger partial charge in [-0.3, -0.25) is 0 Å². The molecule has 0 aliphatic rings. The molecule has 0 radical (unpaired) electrons. The van der Waals surface area contributed by atoms with E-state index in [1.165, 1.54) is 13.2 Å². The first-order chi connectivity index (χ1) is 15.7. The Balaban J connectivity index is 1.97. The number of benzene rings is 2. The van der Waals surface area contributed by atoms with Crippen LogP contribution in [0.3, 0.4) is 0 Å². The van der Waals surface area contributed by atoms with Gasteiger partial charge in [0.2, 0.25) is 0 Å². The van der Waals surface area contributed by atoms with Crippen molar-refractivity contribution in [2.45, 2.75) is 38.6 Å². The zero-order valence-corrected chi connectivity index (χ0v) is 20.8. The smallest absolute Gasteiger partial charge is 0.342 e. The zero-order valence-electron chi connectivity index (χ0n) is 18.5. The first-order valence-corrected chi connectivity index (χ1v) is 11.7. The number of carbonyl (C=O) groups is 1. The van der Waals surface area contributed by atoms with Crippen LogP contribution in [0.25, 0.3) is 17.5 Å². The Kier molecular flexibility index (Phi) is 8.29.